The van der Waals surface area contributed by atoms with Crippen LogP contribution in [0.2, 0.25) is 10.2 Å². The van der Waals surface area contributed by atoms with Crippen molar-refractivity contribution in [2.24, 2.45) is 0 Å². The third-order valence-electron chi connectivity index (χ3n) is 1.95. The van der Waals surface area contributed by atoms with Crippen LogP contribution in [0.4, 0.5) is 4.39 Å². The van der Waals surface area contributed by atoms with Gasteiger partial charge >= 0.3 is 0 Å². The second-order valence-electron chi connectivity index (χ2n) is 3.09. The first kappa shape index (κ1) is 11.1. The summed E-state index contributed by atoms with van der Waals surface area (Å²) < 4.78 is 13.1. The predicted octanol–water partition coefficient (Wildman–Crippen LogP) is 2.88. The van der Waals surface area contributed by atoms with Gasteiger partial charge in [-0.05, 0) is 29.8 Å². The summed E-state index contributed by atoms with van der Waals surface area (Å²) >= 11 is 11.3. The molecule has 0 amide bonds. The number of nitrogens with zero attached hydrogens (tertiary/aromatic N) is 1. The van der Waals surface area contributed by atoms with Gasteiger partial charge in [0.25, 0.3) is 5.56 Å². The fourth-order valence-electron chi connectivity index (χ4n) is 1.31. The quantitative estimate of drug-likeness (QED) is 0.855. The molecule has 0 spiro atoms. The zero-order valence-corrected chi connectivity index (χ0v) is 9.31. The maximum Gasteiger partial charge on any atom is 0.272 e. The molecular formula is C10H5Cl2FN2O. The first-order valence-corrected chi connectivity index (χ1v) is 5.03. The van der Waals surface area contributed by atoms with Gasteiger partial charge < -0.3 is 0 Å². The summed E-state index contributed by atoms with van der Waals surface area (Å²) in [6.45, 7) is 0. The zero-order valence-electron chi connectivity index (χ0n) is 7.80. The molecule has 0 saturated carbocycles. The van der Waals surface area contributed by atoms with Crippen LogP contribution in [0.1, 0.15) is 0 Å². The first-order chi connectivity index (χ1) is 7.56. The number of rotatable bonds is 1. The number of aromatic amines is 1. The van der Waals surface area contributed by atoms with Crippen LogP contribution < -0.4 is 5.56 Å². The van der Waals surface area contributed by atoms with Crippen LogP contribution in [0, 0.1) is 5.82 Å². The number of nitrogens with one attached hydrogen (secondary N) is 1. The second kappa shape index (κ2) is 4.23. The average molecular weight is 259 g/mol. The molecule has 0 atom stereocenters. The zero-order chi connectivity index (χ0) is 11.7. The highest BCUT2D eigenvalue weighted by atomic mass is 35.5. The Labute approximate surface area is 99.8 Å². The van der Waals surface area contributed by atoms with Crippen molar-refractivity contribution in [2.45, 2.75) is 0 Å². The molecular weight excluding hydrogens is 254 g/mol. The van der Waals surface area contributed by atoms with Crippen LogP contribution in [0.15, 0.2) is 29.1 Å². The maximum atomic E-state index is 13.1. The Hall–Kier alpha value is -1.39. The van der Waals surface area contributed by atoms with Crippen LogP contribution in [0.25, 0.3) is 11.1 Å². The molecule has 1 aromatic heterocycles. The number of hydrogen-bond donors (Lipinski definition) is 1. The van der Waals surface area contributed by atoms with Crippen molar-refractivity contribution in [3.63, 3.8) is 0 Å². The molecule has 2 rings (SSSR count). The molecule has 0 radical (unpaired) electrons. The van der Waals surface area contributed by atoms with Gasteiger partial charge in [-0.2, -0.15) is 5.10 Å². The minimum absolute atomic E-state index is 0.120. The molecule has 0 aliphatic heterocycles. The van der Waals surface area contributed by atoms with Crippen molar-refractivity contribution in [2.75, 3.05) is 0 Å². The molecule has 16 heavy (non-hydrogen) atoms. The van der Waals surface area contributed by atoms with E-state index in [4.69, 9.17) is 23.2 Å². The van der Waals surface area contributed by atoms with E-state index in [1.165, 1.54) is 18.2 Å². The summed E-state index contributed by atoms with van der Waals surface area (Å²) in [6, 6.07) is 5.19. The van der Waals surface area contributed by atoms with Crippen molar-refractivity contribution in [3.05, 3.63) is 50.6 Å². The molecule has 82 valence electrons. The van der Waals surface area contributed by atoms with E-state index in [0.717, 1.165) is 6.07 Å². The van der Waals surface area contributed by atoms with E-state index in [9.17, 15) is 9.18 Å². The monoisotopic (exact) mass is 258 g/mol. The lowest BCUT2D eigenvalue weighted by atomic mass is 10.1. The van der Waals surface area contributed by atoms with Crippen LogP contribution in [0.5, 0.6) is 0 Å². The lowest BCUT2D eigenvalue weighted by molar-refractivity contribution is 0.628. The van der Waals surface area contributed by atoms with Crippen molar-refractivity contribution in [1.82, 2.24) is 10.2 Å². The SMILES string of the molecule is O=c1[nH]nc(Cl)cc1-c1cc(F)cc(Cl)c1. The van der Waals surface area contributed by atoms with Crippen molar-refractivity contribution in [3.8, 4) is 11.1 Å². The van der Waals surface area contributed by atoms with Gasteiger partial charge in [0, 0.05) is 5.02 Å². The highest BCUT2D eigenvalue weighted by Crippen LogP contribution is 2.22. The van der Waals surface area contributed by atoms with Gasteiger partial charge in [0.2, 0.25) is 0 Å². The summed E-state index contributed by atoms with van der Waals surface area (Å²) in [6.07, 6.45) is 0. The fraction of sp³-hybridized carbons (Fsp3) is 0. The van der Waals surface area contributed by atoms with E-state index in [2.05, 4.69) is 10.2 Å². The summed E-state index contributed by atoms with van der Waals surface area (Å²) in [5, 5.41) is 6.04. The normalized spacial score (nSPS) is 10.4. The number of H-pyrrole nitrogens is 1. The van der Waals surface area contributed by atoms with Crippen molar-refractivity contribution in [1.29, 1.82) is 0 Å². The number of halogens is 3. The Bertz CT molecular complexity index is 577. The number of hydrogen-bond acceptors (Lipinski definition) is 2. The van der Waals surface area contributed by atoms with Crippen molar-refractivity contribution < 1.29 is 4.39 Å². The van der Waals surface area contributed by atoms with Gasteiger partial charge in [0.15, 0.2) is 0 Å². The van der Waals surface area contributed by atoms with E-state index in [1.807, 2.05) is 0 Å². The van der Waals surface area contributed by atoms with Crippen LogP contribution >= 0.6 is 23.2 Å². The standard InChI is InChI=1S/C10H5Cl2FN2O/c11-6-1-5(2-7(13)3-6)8-4-9(12)14-15-10(8)16/h1-4H,(H,15,16). The smallest absolute Gasteiger partial charge is 0.267 e. The van der Waals surface area contributed by atoms with Gasteiger partial charge in [-0.25, -0.2) is 9.49 Å². The molecule has 0 bridgehead atoms. The minimum atomic E-state index is -0.519. The van der Waals surface area contributed by atoms with Crippen LogP contribution in [-0.2, 0) is 0 Å². The van der Waals surface area contributed by atoms with E-state index in [1.54, 1.807) is 0 Å². The Morgan fingerprint density at radius 2 is 1.94 bits per heavy atom. The number of benzene rings is 1. The first-order valence-electron chi connectivity index (χ1n) is 4.28. The minimum Gasteiger partial charge on any atom is -0.267 e. The maximum absolute atomic E-state index is 13.1. The molecule has 2 aromatic rings. The lowest BCUT2D eigenvalue weighted by Crippen LogP contribution is -2.10. The second-order valence-corrected chi connectivity index (χ2v) is 3.92. The summed E-state index contributed by atoms with van der Waals surface area (Å²) in [7, 11) is 0. The Morgan fingerprint density at radius 1 is 1.19 bits per heavy atom. The third-order valence-corrected chi connectivity index (χ3v) is 2.36. The fourth-order valence-corrected chi connectivity index (χ4v) is 1.68. The molecule has 0 aliphatic carbocycles. The largest absolute Gasteiger partial charge is 0.272 e. The highest BCUT2D eigenvalue weighted by molar-refractivity contribution is 6.31. The Balaban J connectivity index is 2.67. The van der Waals surface area contributed by atoms with Gasteiger partial charge in [-0.1, -0.05) is 23.2 Å². The molecule has 0 saturated heterocycles. The molecule has 1 aromatic carbocycles. The molecule has 0 aliphatic rings. The summed E-state index contributed by atoms with van der Waals surface area (Å²) in [5.74, 6) is -0.519. The van der Waals surface area contributed by atoms with E-state index < -0.39 is 11.4 Å². The number of aromatic nitrogens is 2. The van der Waals surface area contributed by atoms with Gasteiger partial charge in [0.05, 0.1) is 5.56 Å². The van der Waals surface area contributed by atoms with Gasteiger partial charge in [-0.15, -0.1) is 0 Å². The average Bonchev–Trinajstić information content (AvgIpc) is 2.20. The molecule has 1 N–H and O–H groups in total. The van der Waals surface area contributed by atoms with Crippen LogP contribution in [0.3, 0.4) is 0 Å². The molecule has 0 unspecified atom stereocenters. The van der Waals surface area contributed by atoms with Gasteiger partial charge in [0.1, 0.15) is 11.0 Å². The Kier molecular flexibility index (Phi) is 2.94. The molecule has 0 fully saturated rings. The topological polar surface area (TPSA) is 45.8 Å². The summed E-state index contributed by atoms with van der Waals surface area (Å²) in [4.78, 5) is 11.5. The molecule has 6 heteroatoms. The Morgan fingerprint density at radius 3 is 2.62 bits per heavy atom. The summed E-state index contributed by atoms with van der Waals surface area (Å²) in [5.41, 5.74) is 0.128. The lowest BCUT2D eigenvalue weighted by Gasteiger charge is -2.01. The van der Waals surface area contributed by atoms with Gasteiger partial charge in [-0.3, -0.25) is 4.79 Å². The van der Waals surface area contributed by atoms with Crippen molar-refractivity contribution >= 4 is 23.2 Å². The van der Waals surface area contributed by atoms with E-state index in [-0.39, 0.29) is 15.7 Å². The predicted molar refractivity (Wildman–Crippen MR) is 60.3 cm³/mol. The van der Waals surface area contributed by atoms with E-state index in [0.29, 0.717) is 5.56 Å². The van der Waals surface area contributed by atoms with Crippen LogP contribution in [-0.4, -0.2) is 10.2 Å². The van der Waals surface area contributed by atoms with E-state index >= 15 is 0 Å². The highest BCUT2D eigenvalue weighted by Gasteiger charge is 2.07. The molecule has 3 nitrogen and oxygen atoms in total. The molecule has 1 heterocycles. The third kappa shape index (κ3) is 2.23.